The summed E-state index contributed by atoms with van der Waals surface area (Å²) >= 11 is 0. The van der Waals surface area contributed by atoms with Gasteiger partial charge >= 0.3 is 0 Å². The molecule has 0 unspecified atom stereocenters. The van der Waals surface area contributed by atoms with Crippen molar-refractivity contribution in [2.24, 2.45) is 0 Å². The van der Waals surface area contributed by atoms with Gasteiger partial charge in [0.2, 0.25) is 0 Å². The highest BCUT2D eigenvalue weighted by molar-refractivity contribution is 6.07. The molecule has 0 radical (unpaired) electrons. The Hall–Kier alpha value is -2.30. The van der Waals surface area contributed by atoms with E-state index in [1.807, 2.05) is 0 Å². The van der Waals surface area contributed by atoms with Crippen LogP contribution in [0.5, 0.6) is 0 Å². The van der Waals surface area contributed by atoms with Gasteiger partial charge in [-0.2, -0.15) is 0 Å². The average Bonchev–Trinajstić information content (AvgIpc) is 2.72. The zero-order valence-corrected chi connectivity index (χ0v) is 16.5. The highest BCUT2D eigenvalue weighted by Crippen LogP contribution is 2.32. The highest BCUT2D eigenvalue weighted by atomic mass is 16.5. The molecule has 3 aromatic carbocycles. The number of anilines is 2. The Bertz CT molecular complexity index is 839. The highest BCUT2D eigenvalue weighted by Gasteiger charge is 2.06. The van der Waals surface area contributed by atoms with Crippen molar-refractivity contribution in [1.29, 1.82) is 0 Å². The molecule has 28 heavy (non-hydrogen) atoms. The van der Waals surface area contributed by atoms with Crippen LogP contribution in [0.15, 0.2) is 48.5 Å². The van der Waals surface area contributed by atoms with E-state index in [0.717, 1.165) is 65.2 Å². The Morgan fingerprint density at radius 3 is 1.61 bits per heavy atom. The fourth-order valence-corrected chi connectivity index (χ4v) is 3.77. The Balaban J connectivity index is 1.61. The molecule has 0 fully saturated rings. The third-order valence-corrected chi connectivity index (χ3v) is 5.27. The summed E-state index contributed by atoms with van der Waals surface area (Å²) in [4.78, 5) is 0. The molecule has 3 aromatic rings. The third-order valence-electron chi connectivity index (χ3n) is 5.27. The predicted octanol–water partition coefficient (Wildman–Crippen LogP) is 5.42. The van der Waals surface area contributed by atoms with E-state index in [1.54, 1.807) is 0 Å². The van der Waals surface area contributed by atoms with Gasteiger partial charge in [-0.1, -0.05) is 24.3 Å². The molecule has 0 saturated heterocycles. The summed E-state index contributed by atoms with van der Waals surface area (Å²) in [5.41, 5.74) is 2.39. The summed E-state index contributed by atoms with van der Waals surface area (Å²) < 4.78 is 11.5. The predicted molar refractivity (Wildman–Crippen MR) is 119 cm³/mol. The second kappa shape index (κ2) is 9.76. The van der Waals surface area contributed by atoms with E-state index >= 15 is 0 Å². The van der Waals surface area contributed by atoms with Gasteiger partial charge in [-0.25, -0.2) is 0 Å². The van der Waals surface area contributed by atoms with Crippen LogP contribution in [0, 0.1) is 0 Å². The minimum Gasteiger partial charge on any atom is -0.384 e. The average molecular weight is 379 g/mol. The number of nitrogens with one attached hydrogen (secondary N) is 2. The van der Waals surface area contributed by atoms with Crippen LogP contribution in [0.25, 0.3) is 21.5 Å². The quantitative estimate of drug-likeness (QED) is 0.512. The van der Waals surface area contributed by atoms with Gasteiger partial charge in [-0.15, -0.1) is 0 Å². The molecule has 2 bridgehead atoms. The maximum Gasteiger partial charge on any atom is 0.0482 e. The van der Waals surface area contributed by atoms with E-state index in [9.17, 15) is 0 Å². The molecule has 0 aliphatic carbocycles. The fraction of sp³-hybridized carbons (Fsp3) is 0.417. The summed E-state index contributed by atoms with van der Waals surface area (Å²) in [5.74, 6) is 0. The maximum absolute atomic E-state index is 5.75. The molecule has 0 saturated carbocycles. The first-order valence-electron chi connectivity index (χ1n) is 10.5. The van der Waals surface area contributed by atoms with E-state index in [4.69, 9.17) is 9.47 Å². The minimum atomic E-state index is 0.801. The van der Waals surface area contributed by atoms with Crippen molar-refractivity contribution >= 4 is 32.9 Å². The molecule has 0 amide bonds. The van der Waals surface area contributed by atoms with Crippen molar-refractivity contribution < 1.29 is 9.47 Å². The summed E-state index contributed by atoms with van der Waals surface area (Å²) in [6.45, 7) is 5.09. The van der Waals surface area contributed by atoms with Crippen molar-refractivity contribution in [2.45, 2.75) is 25.7 Å². The zero-order chi connectivity index (χ0) is 19.0. The van der Waals surface area contributed by atoms with Crippen LogP contribution >= 0.6 is 0 Å². The maximum atomic E-state index is 5.75. The summed E-state index contributed by atoms with van der Waals surface area (Å²) in [5, 5.41) is 12.3. The van der Waals surface area contributed by atoms with Crippen LogP contribution in [0.4, 0.5) is 11.4 Å². The number of ether oxygens (including phenoxy) is 2. The molecule has 1 heterocycles. The minimum absolute atomic E-state index is 0.801. The Morgan fingerprint density at radius 2 is 1.07 bits per heavy atom. The number of hydrogen-bond acceptors (Lipinski definition) is 4. The molecule has 2 N–H and O–H groups in total. The fourth-order valence-electron chi connectivity index (χ4n) is 3.77. The second-order valence-electron chi connectivity index (χ2n) is 7.40. The Labute approximate surface area is 167 Å². The summed E-state index contributed by atoms with van der Waals surface area (Å²) in [6.07, 6.45) is 4.15. The molecule has 4 rings (SSSR count). The molecule has 0 spiro atoms. The molecule has 4 heteroatoms. The van der Waals surface area contributed by atoms with Gasteiger partial charge in [-0.05, 0) is 60.7 Å². The third kappa shape index (κ3) is 4.75. The van der Waals surface area contributed by atoms with E-state index < -0.39 is 0 Å². The molecule has 148 valence electrons. The van der Waals surface area contributed by atoms with Crippen LogP contribution in [0.2, 0.25) is 0 Å². The second-order valence-corrected chi connectivity index (χ2v) is 7.40. The van der Waals surface area contributed by atoms with Crippen LogP contribution < -0.4 is 10.6 Å². The van der Waals surface area contributed by atoms with Crippen molar-refractivity contribution in [2.75, 3.05) is 50.2 Å². The molecular formula is C24H30N2O2. The number of benzene rings is 3. The first kappa shape index (κ1) is 19.0. The molecule has 1 aliphatic rings. The van der Waals surface area contributed by atoms with E-state index in [1.165, 1.54) is 32.9 Å². The van der Waals surface area contributed by atoms with E-state index in [0.29, 0.717) is 0 Å². The van der Waals surface area contributed by atoms with Crippen LogP contribution in [-0.2, 0) is 9.47 Å². The van der Waals surface area contributed by atoms with Gasteiger partial charge in [0.1, 0.15) is 0 Å². The Morgan fingerprint density at radius 1 is 0.571 bits per heavy atom. The lowest BCUT2D eigenvalue weighted by atomic mass is 10.0. The van der Waals surface area contributed by atoms with Crippen molar-refractivity contribution in [3.8, 4) is 0 Å². The molecule has 0 aromatic heterocycles. The van der Waals surface area contributed by atoms with Crippen LogP contribution in [0.3, 0.4) is 0 Å². The first-order chi connectivity index (χ1) is 13.9. The van der Waals surface area contributed by atoms with E-state index in [-0.39, 0.29) is 0 Å². The van der Waals surface area contributed by atoms with Crippen molar-refractivity contribution in [3.63, 3.8) is 0 Å². The van der Waals surface area contributed by atoms with E-state index in [2.05, 4.69) is 59.2 Å². The van der Waals surface area contributed by atoms with Gasteiger partial charge in [0.25, 0.3) is 0 Å². The summed E-state index contributed by atoms with van der Waals surface area (Å²) in [6, 6.07) is 17.6. The van der Waals surface area contributed by atoms with Gasteiger partial charge in [0, 0.05) is 61.7 Å². The van der Waals surface area contributed by atoms with Gasteiger partial charge in [0.15, 0.2) is 0 Å². The molecular weight excluding hydrogens is 348 g/mol. The van der Waals surface area contributed by atoms with Crippen LogP contribution in [-0.4, -0.2) is 39.5 Å². The zero-order valence-electron chi connectivity index (χ0n) is 16.5. The van der Waals surface area contributed by atoms with Crippen LogP contribution in [0.1, 0.15) is 25.7 Å². The lowest BCUT2D eigenvalue weighted by Crippen LogP contribution is -2.07. The normalized spacial score (nSPS) is 17.6. The van der Waals surface area contributed by atoms with Gasteiger partial charge in [-0.3, -0.25) is 0 Å². The number of rotatable bonds is 0. The lowest BCUT2D eigenvalue weighted by Gasteiger charge is -2.14. The van der Waals surface area contributed by atoms with Crippen molar-refractivity contribution in [3.05, 3.63) is 48.5 Å². The number of hydrogen-bond donors (Lipinski definition) is 2. The van der Waals surface area contributed by atoms with Gasteiger partial charge < -0.3 is 20.1 Å². The summed E-state index contributed by atoms with van der Waals surface area (Å²) in [7, 11) is 0. The monoisotopic (exact) mass is 378 g/mol. The SMILES string of the molecule is c1cc2c3cc4c(cccc4cc3c1)NCCCOCCCCOCCCN2. The largest absolute Gasteiger partial charge is 0.384 e. The molecule has 1 aliphatic heterocycles. The Kier molecular flexibility index (Phi) is 6.64. The first-order valence-corrected chi connectivity index (χ1v) is 10.5. The lowest BCUT2D eigenvalue weighted by molar-refractivity contribution is 0.102. The molecule has 4 nitrogen and oxygen atoms in total. The molecule has 0 atom stereocenters. The topological polar surface area (TPSA) is 42.5 Å². The van der Waals surface area contributed by atoms with Crippen molar-refractivity contribution in [1.82, 2.24) is 0 Å². The standard InChI is InChI=1S/C24H30N2O2/c1-2-14-28-16-6-12-26-24-10-4-8-20-17-19-7-3-9-23(21(19)18-22(20)24)25-11-5-15-27-13-1/h3-4,7-10,17-18,25-26H,1-2,5-6,11-16H2. The smallest absolute Gasteiger partial charge is 0.0482 e. The van der Waals surface area contributed by atoms with Gasteiger partial charge in [0.05, 0.1) is 0 Å².